The normalized spacial score (nSPS) is 14.0. The van der Waals surface area contributed by atoms with Crippen LogP contribution in [0, 0.1) is 13.8 Å². The Morgan fingerprint density at radius 3 is 2.71 bits per heavy atom. The zero-order valence-electron chi connectivity index (χ0n) is 14.6. The number of fused-ring (bicyclic) bond motifs is 3. The molecule has 0 atom stereocenters. The Labute approximate surface area is 127 Å². The van der Waals surface area contributed by atoms with Gasteiger partial charge in [0, 0.05) is 26.6 Å². The second-order valence-electron chi connectivity index (χ2n) is 5.21. The number of nitrogens with zero attached hydrogens (tertiary/aromatic N) is 1. The van der Waals surface area contributed by atoms with Gasteiger partial charge in [-0.2, -0.15) is 0 Å². The summed E-state index contributed by atoms with van der Waals surface area (Å²) in [6, 6.07) is 15.3. The maximum Gasteiger partial charge on any atom is 0.136 e. The first-order valence-corrected chi connectivity index (χ1v) is 6.82. The van der Waals surface area contributed by atoms with Crippen molar-refractivity contribution in [2.75, 3.05) is 0 Å². The molecule has 0 unspecified atom stereocenters. The van der Waals surface area contributed by atoms with Crippen molar-refractivity contribution in [2.45, 2.75) is 13.8 Å². The number of furan rings is 1. The molecule has 0 amide bonds. The Bertz CT molecular complexity index is 1050. The summed E-state index contributed by atoms with van der Waals surface area (Å²) in [5, 5.41) is 2.04. The lowest BCUT2D eigenvalue weighted by Crippen LogP contribution is -1.85. The zero-order valence-corrected chi connectivity index (χ0v) is 11.6. The van der Waals surface area contributed by atoms with E-state index in [9.17, 15) is 0 Å². The van der Waals surface area contributed by atoms with E-state index in [2.05, 4.69) is 17.1 Å². The molecule has 0 N–H and O–H groups in total. The summed E-state index contributed by atoms with van der Waals surface area (Å²) in [6.45, 7) is -0.111. The zero-order chi connectivity index (χ0) is 16.9. The maximum atomic E-state index is 7.46. The Morgan fingerprint density at radius 1 is 1.00 bits per heavy atom. The van der Waals surface area contributed by atoms with E-state index in [1.807, 2.05) is 31.2 Å². The van der Waals surface area contributed by atoms with Gasteiger partial charge in [0.25, 0.3) is 0 Å². The molecule has 2 nitrogen and oxygen atoms in total. The van der Waals surface area contributed by atoms with E-state index >= 15 is 0 Å². The number of pyridine rings is 1. The van der Waals surface area contributed by atoms with Gasteiger partial charge >= 0.3 is 0 Å². The van der Waals surface area contributed by atoms with Gasteiger partial charge < -0.3 is 4.42 Å². The fourth-order valence-electron chi connectivity index (χ4n) is 2.70. The highest BCUT2D eigenvalue weighted by atomic mass is 16.3. The van der Waals surface area contributed by atoms with E-state index < -0.39 is 6.85 Å². The summed E-state index contributed by atoms with van der Waals surface area (Å²) < 4.78 is 28.3. The van der Waals surface area contributed by atoms with Gasteiger partial charge in [0.2, 0.25) is 0 Å². The van der Waals surface area contributed by atoms with Crippen LogP contribution in [0.25, 0.3) is 33.2 Å². The van der Waals surface area contributed by atoms with Crippen molar-refractivity contribution in [3.63, 3.8) is 0 Å². The smallest absolute Gasteiger partial charge is 0.136 e. The van der Waals surface area contributed by atoms with Gasteiger partial charge in [0.05, 0.1) is 5.69 Å². The third-order valence-corrected chi connectivity index (χ3v) is 3.69. The molecule has 0 aliphatic carbocycles. The van der Waals surface area contributed by atoms with Crippen molar-refractivity contribution >= 4 is 21.9 Å². The van der Waals surface area contributed by atoms with Gasteiger partial charge in [-0.1, -0.05) is 30.3 Å². The largest absolute Gasteiger partial charge is 0.456 e. The summed E-state index contributed by atoms with van der Waals surface area (Å²) >= 11 is 0. The van der Waals surface area contributed by atoms with Crippen molar-refractivity contribution < 1.29 is 8.53 Å². The average Bonchev–Trinajstić information content (AvgIpc) is 2.91. The standard InChI is InChI=1S/C19H15NO/c1-12-6-8-15-18(10-12)21-17-5-3-4-14(19(15)17)16-9-7-13(2)11-20-16/h3-11H,1-2H3/i2D3. The molecular formula is C19H15NO. The number of hydrogen-bond acceptors (Lipinski definition) is 2. The Morgan fingerprint density at radius 2 is 1.90 bits per heavy atom. The van der Waals surface area contributed by atoms with Crippen LogP contribution in [-0.2, 0) is 0 Å². The lowest BCUT2D eigenvalue weighted by atomic mass is 10.0. The van der Waals surface area contributed by atoms with E-state index in [1.165, 1.54) is 6.20 Å². The van der Waals surface area contributed by atoms with Crippen LogP contribution in [0.1, 0.15) is 15.2 Å². The second-order valence-corrected chi connectivity index (χ2v) is 5.21. The van der Waals surface area contributed by atoms with E-state index in [-0.39, 0.29) is 5.56 Å². The Balaban J connectivity index is 1.95. The molecule has 2 aromatic carbocycles. The van der Waals surface area contributed by atoms with Gasteiger partial charge in [-0.3, -0.25) is 4.98 Å². The maximum absolute atomic E-state index is 7.46. The molecule has 0 aliphatic heterocycles. The topological polar surface area (TPSA) is 26.0 Å². The summed E-state index contributed by atoms with van der Waals surface area (Å²) in [4.78, 5) is 4.37. The minimum Gasteiger partial charge on any atom is -0.456 e. The van der Waals surface area contributed by atoms with Gasteiger partial charge in [-0.05, 0) is 43.1 Å². The lowest BCUT2D eigenvalue weighted by Gasteiger charge is -2.03. The van der Waals surface area contributed by atoms with E-state index in [0.29, 0.717) is 0 Å². The van der Waals surface area contributed by atoms with Crippen molar-refractivity contribution in [3.8, 4) is 11.3 Å². The molecule has 0 saturated heterocycles. The molecule has 0 fully saturated rings. The minimum absolute atomic E-state index is 0.242. The summed E-state index contributed by atoms with van der Waals surface area (Å²) in [5.41, 5.74) is 4.70. The van der Waals surface area contributed by atoms with E-state index in [1.54, 1.807) is 12.1 Å². The van der Waals surface area contributed by atoms with Crippen LogP contribution in [0.4, 0.5) is 0 Å². The third-order valence-electron chi connectivity index (χ3n) is 3.69. The highest BCUT2D eigenvalue weighted by Gasteiger charge is 2.12. The van der Waals surface area contributed by atoms with E-state index in [4.69, 9.17) is 8.53 Å². The summed E-state index contributed by atoms with van der Waals surface area (Å²) in [5.74, 6) is 0. The van der Waals surface area contributed by atoms with Crippen molar-refractivity contribution in [1.82, 2.24) is 4.98 Å². The SMILES string of the molecule is [2H]C([2H])([2H])c1ccc(-c2cccc3oc4cc(C)ccc4c23)nc1. The fourth-order valence-corrected chi connectivity index (χ4v) is 2.70. The van der Waals surface area contributed by atoms with Crippen molar-refractivity contribution in [3.05, 3.63) is 65.9 Å². The molecule has 0 aliphatic rings. The first-order valence-electron chi connectivity index (χ1n) is 8.32. The molecule has 21 heavy (non-hydrogen) atoms. The predicted molar refractivity (Wildman–Crippen MR) is 86.4 cm³/mol. The highest BCUT2D eigenvalue weighted by Crippen LogP contribution is 2.36. The third kappa shape index (κ3) is 1.91. The highest BCUT2D eigenvalue weighted by molar-refractivity contribution is 6.12. The number of rotatable bonds is 1. The number of hydrogen-bond donors (Lipinski definition) is 0. The molecule has 2 heterocycles. The van der Waals surface area contributed by atoms with Crippen LogP contribution < -0.4 is 0 Å². The molecule has 0 radical (unpaired) electrons. The van der Waals surface area contributed by atoms with Gasteiger partial charge in [0.15, 0.2) is 0 Å². The molecular weight excluding hydrogens is 258 g/mol. The van der Waals surface area contributed by atoms with Crippen LogP contribution in [0.15, 0.2) is 59.1 Å². The molecule has 2 heteroatoms. The first kappa shape index (κ1) is 9.35. The first-order chi connectivity index (χ1) is 11.4. The van der Waals surface area contributed by atoms with Gasteiger partial charge in [-0.25, -0.2) is 0 Å². The number of benzene rings is 2. The molecule has 4 rings (SSSR count). The van der Waals surface area contributed by atoms with Crippen molar-refractivity contribution in [1.29, 1.82) is 0 Å². The minimum atomic E-state index is -2.14. The molecule has 0 spiro atoms. The van der Waals surface area contributed by atoms with Gasteiger partial charge in [-0.15, -0.1) is 0 Å². The predicted octanol–water partition coefficient (Wildman–Crippen LogP) is 5.26. The van der Waals surface area contributed by atoms with E-state index in [0.717, 1.165) is 38.8 Å². The summed E-state index contributed by atoms with van der Waals surface area (Å²) in [6.07, 6.45) is 1.42. The van der Waals surface area contributed by atoms with Crippen LogP contribution in [0.5, 0.6) is 0 Å². The monoisotopic (exact) mass is 276 g/mol. The molecule has 4 aromatic rings. The lowest BCUT2D eigenvalue weighted by molar-refractivity contribution is 0.668. The van der Waals surface area contributed by atoms with Crippen LogP contribution in [0.3, 0.4) is 0 Å². The Hall–Kier alpha value is -2.61. The number of aryl methyl sites for hydroxylation is 2. The molecule has 0 bridgehead atoms. The van der Waals surface area contributed by atoms with Gasteiger partial charge in [0.1, 0.15) is 11.2 Å². The number of aromatic nitrogens is 1. The molecule has 0 saturated carbocycles. The molecule has 102 valence electrons. The van der Waals surface area contributed by atoms with Crippen LogP contribution >= 0.6 is 0 Å². The average molecular weight is 276 g/mol. The molecule has 2 aromatic heterocycles. The van der Waals surface area contributed by atoms with Crippen molar-refractivity contribution in [2.24, 2.45) is 0 Å². The summed E-state index contributed by atoms with van der Waals surface area (Å²) in [7, 11) is 0. The van der Waals surface area contributed by atoms with Crippen LogP contribution in [-0.4, -0.2) is 4.98 Å². The fraction of sp³-hybridized carbons (Fsp3) is 0.105. The Kier molecular flexibility index (Phi) is 1.98. The second kappa shape index (κ2) is 4.45. The van der Waals surface area contributed by atoms with Crippen LogP contribution in [0.2, 0.25) is 0 Å². The quantitative estimate of drug-likeness (QED) is 0.473.